The Morgan fingerprint density at radius 1 is 1.00 bits per heavy atom. The Labute approximate surface area is 172 Å². The van der Waals surface area contributed by atoms with Crippen LogP contribution in [0.4, 0.5) is 0 Å². The predicted molar refractivity (Wildman–Crippen MR) is 112 cm³/mol. The summed E-state index contributed by atoms with van der Waals surface area (Å²) in [5.41, 5.74) is 4.00. The zero-order chi connectivity index (χ0) is 20.2. The van der Waals surface area contributed by atoms with E-state index in [-0.39, 0.29) is 11.9 Å². The molecule has 2 aromatic rings. The van der Waals surface area contributed by atoms with Crippen LogP contribution in [-0.2, 0) is 22.5 Å². The van der Waals surface area contributed by atoms with E-state index in [4.69, 9.17) is 4.74 Å². The number of nitrogens with zero attached hydrogens (tertiary/aromatic N) is 2. The third kappa shape index (κ3) is 4.20. The van der Waals surface area contributed by atoms with Gasteiger partial charge in [-0.1, -0.05) is 36.4 Å². The van der Waals surface area contributed by atoms with Gasteiger partial charge in [-0.3, -0.25) is 9.69 Å². The van der Waals surface area contributed by atoms with Crippen LogP contribution in [0, 0.1) is 0 Å². The van der Waals surface area contributed by atoms with Crippen molar-refractivity contribution in [1.29, 1.82) is 0 Å². The first-order chi connectivity index (χ1) is 14.2. The van der Waals surface area contributed by atoms with E-state index in [1.54, 1.807) is 0 Å². The first-order valence-electron chi connectivity index (χ1n) is 10.5. The fourth-order valence-corrected chi connectivity index (χ4v) is 4.49. The molecule has 152 valence electrons. The summed E-state index contributed by atoms with van der Waals surface area (Å²) in [6, 6.07) is 15.5. The van der Waals surface area contributed by atoms with Gasteiger partial charge < -0.3 is 9.64 Å². The lowest BCUT2D eigenvalue weighted by Gasteiger charge is -2.35. The molecule has 2 aliphatic rings. The van der Waals surface area contributed by atoms with E-state index < -0.39 is 6.04 Å². The van der Waals surface area contributed by atoms with Crippen LogP contribution in [0.1, 0.15) is 52.4 Å². The monoisotopic (exact) mass is 392 g/mol. The first-order valence-corrected chi connectivity index (χ1v) is 10.5. The van der Waals surface area contributed by atoms with Crippen molar-refractivity contribution < 1.29 is 14.3 Å². The number of carbonyl (C=O) groups is 2. The van der Waals surface area contributed by atoms with Crippen LogP contribution < -0.4 is 0 Å². The third-order valence-corrected chi connectivity index (χ3v) is 6.01. The number of benzene rings is 2. The van der Waals surface area contributed by atoms with E-state index in [9.17, 15) is 9.59 Å². The highest BCUT2D eigenvalue weighted by Crippen LogP contribution is 2.32. The molecule has 0 bridgehead atoms. The summed E-state index contributed by atoms with van der Waals surface area (Å²) in [6.07, 6.45) is 4.27. The second-order valence-electron chi connectivity index (χ2n) is 7.90. The largest absolute Gasteiger partial charge is 0.468 e. The molecule has 0 radical (unpaired) electrons. The standard InChI is InChI=1S/C24H28N2O3/c1-29-24(28)22-21-11-4-3-9-19(21)12-15-26(22)17-18-8-7-10-20(16-18)23(27)25-13-5-2-6-14-25/h3-4,7-11,16,22H,2,5-6,12-15,17H2,1H3/t22-/m0/s1. The number of ether oxygens (including phenoxy) is 1. The number of hydrogen-bond donors (Lipinski definition) is 0. The molecule has 1 atom stereocenters. The van der Waals surface area contributed by atoms with Crippen LogP contribution in [-0.4, -0.2) is 48.4 Å². The summed E-state index contributed by atoms with van der Waals surface area (Å²) in [5.74, 6) is -0.127. The molecule has 2 aromatic carbocycles. The van der Waals surface area contributed by atoms with E-state index in [0.29, 0.717) is 6.54 Å². The number of amides is 1. The molecular weight excluding hydrogens is 364 g/mol. The Kier molecular flexibility index (Phi) is 5.95. The number of hydrogen-bond acceptors (Lipinski definition) is 4. The van der Waals surface area contributed by atoms with Gasteiger partial charge in [-0.2, -0.15) is 0 Å². The molecule has 0 saturated carbocycles. The zero-order valence-corrected chi connectivity index (χ0v) is 17.0. The van der Waals surface area contributed by atoms with Crippen molar-refractivity contribution in [2.24, 2.45) is 0 Å². The Bertz CT molecular complexity index is 889. The summed E-state index contributed by atoms with van der Waals surface area (Å²) in [7, 11) is 1.44. The van der Waals surface area contributed by atoms with Crippen LogP contribution in [0.3, 0.4) is 0 Å². The van der Waals surface area contributed by atoms with Crippen molar-refractivity contribution in [1.82, 2.24) is 9.80 Å². The number of piperidine rings is 1. The summed E-state index contributed by atoms with van der Waals surface area (Å²) in [5, 5.41) is 0. The highest BCUT2D eigenvalue weighted by atomic mass is 16.5. The number of fused-ring (bicyclic) bond motifs is 1. The second-order valence-corrected chi connectivity index (χ2v) is 7.90. The molecular formula is C24H28N2O3. The number of rotatable bonds is 4. The van der Waals surface area contributed by atoms with Crippen LogP contribution in [0.2, 0.25) is 0 Å². The number of carbonyl (C=O) groups excluding carboxylic acids is 2. The van der Waals surface area contributed by atoms with E-state index in [0.717, 1.165) is 55.6 Å². The van der Waals surface area contributed by atoms with Crippen LogP contribution in [0.25, 0.3) is 0 Å². The van der Waals surface area contributed by atoms with Crippen molar-refractivity contribution in [2.45, 2.75) is 38.3 Å². The van der Waals surface area contributed by atoms with Crippen LogP contribution in [0.15, 0.2) is 48.5 Å². The minimum Gasteiger partial charge on any atom is -0.468 e. The minimum atomic E-state index is -0.411. The molecule has 2 heterocycles. The van der Waals surface area contributed by atoms with Gasteiger partial charge in [-0.05, 0) is 54.5 Å². The normalized spacial score (nSPS) is 19.5. The summed E-state index contributed by atoms with van der Waals surface area (Å²) in [4.78, 5) is 29.6. The van der Waals surface area contributed by atoms with E-state index in [1.807, 2.05) is 47.4 Å². The Hall–Kier alpha value is -2.66. The van der Waals surface area contributed by atoms with Gasteiger partial charge in [0.25, 0.3) is 5.91 Å². The fourth-order valence-electron chi connectivity index (χ4n) is 4.49. The maximum atomic E-state index is 12.9. The van der Waals surface area contributed by atoms with Crippen molar-refractivity contribution in [2.75, 3.05) is 26.7 Å². The molecule has 1 amide bonds. The average molecular weight is 392 g/mol. The van der Waals surface area contributed by atoms with Crippen LogP contribution in [0.5, 0.6) is 0 Å². The maximum absolute atomic E-state index is 12.9. The lowest BCUT2D eigenvalue weighted by molar-refractivity contribution is -0.148. The lowest BCUT2D eigenvalue weighted by Crippen LogP contribution is -2.40. The number of likely N-dealkylation sites (tertiary alicyclic amines) is 1. The molecule has 2 aliphatic heterocycles. The third-order valence-electron chi connectivity index (χ3n) is 6.01. The summed E-state index contributed by atoms with van der Waals surface area (Å²) >= 11 is 0. The molecule has 5 heteroatoms. The smallest absolute Gasteiger partial charge is 0.327 e. The summed E-state index contributed by atoms with van der Waals surface area (Å²) in [6.45, 7) is 3.07. The van der Waals surface area contributed by atoms with Gasteiger partial charge in [0, 0.05) is 31.7 Å². The van der Waals surface area contributed by atoms with Gasteiger partial charge in [-0.25, -0.2) is 4.79 Å². The van der Waals surface area contributed by atoms with Gasteiger partial charge in [0.2, 0.25) is 0 Å². The minimum absolute atomic E-state index is 0.111. The van der Waals surface area contributed by atoms with Crippen LogP contribution >= 0.6 is 0 Å². The second kappa shape index (κ2) is 8.78. The first kappa shape index (κ1) is 19.6. The number of methoxy groups -OCH3 is 1. The molecule has 29 heavy (non-hydrogen) atoms. The molecule has 0 aromatic heterocycles. The molecule has 5 nitrogen and oxygen atoms in total. The Morgan fingerprint density at radius 3 is 2.59 bits per heavy atom. The predicted octanol–water partition coefficient (Wildman–Crippen LogP) is 3.59. The fraction of sp³-hybridized carbons (Fsp3) is 0.417. The van der Waals surface area contributed by atoms with Gasteiger partial charge in [0.1, 0.15) is 6.04 Å². The van der Waals surface area contributed by atoms with Gasteiger partial charge in [0.15, 0.2) is 0 Å². The molecule has 0 unspecified atom stereocenters. The van der Waals surface area contributed by atoms with Crippen molar-refractivity contribution in [3.8, 4) is 0 Å². The zero-order valence-electron chi connectivity index (χ0n) is 17.0. The SMILES string of the molecule is COC(=O)[C@@H]1c2ccccc2CCN1Cc1cccc(C(=O)N2CCCCC2)c1. The molecule has 4 rings (SSSR count). The molecule has 0 aliphatic carbocycles. The lowest BCUT2D eigenvalue weighted by atomic mass is 9.92. The van der Waals surface area contributed by atoms with Gasteiger partial charge in [0.05, 0.1) is 7.11 Å². The molecule has 1 saturated heterocycles. The van der Waals surface area contributed by atoms with Crippen molar-refractivity contribution >= 4 is 11.9 Å². The van der Waals surface area contributed by atoms with Gasteiger partial charge >= 0.3 is 5.97 Å². The van der Waals surface area contributed by atoms with Gasteiger partial charge in [-0.15, -0.1) is 0 Å². The molecule has 0 spiro atoms. The quantitative estimate of drug-likeness (QED) is 0.747. The molecule has 0 N–H and O–H groups in total. The number of esters is 1. The topological polar surface area (TPSA) is 49.9 Å². The maximum Gasteiger partial charge on any atom is 0.327 e. The highest BCUT2D eigenvalue weighted by Gasteiger charge is 2.33. The average Bonchev–Trinajstić information content (AvgIpc) is 2.78. The van der Waals surface area contributed by atoms with E-state index in [1.165, 1.54) is 19.1 Å². The Morgan fingerprint density at radius 2 is 1.79 bits per heavy atom. The highest BCUT2D eigenvalue weighted by molar-refractivity contribution is 5.94. The van der Waals surface area contributed by atoms with Crippen molar-refractivity contribution in [3.05, 3.63) is 70.8 Å². The summed E-state index contributed by atoms with van der Waals surface area (Å²) < 4.78 is 5.11. The molecule has 1 fully saturated rings. The van der Waals surface area contributed by atoms with Crippen molar-refractivity contribution in [3.63, 3.8) is 0 Å². The Balaban J connectivity index is 1.55. The van der Waals surface area contributed by atoms with E-state index in [2.05, 4.69) is 11.0 Å². The van der Waals surface area contributed by atoms with E-state index >= 15 is 0 Å².